The molecule has 31 heavy (non-hydrogen) atoms. The van der Waals surface area contributed by atoms with Crippen LogP contribution in [0.4, 0.5) is 4.39 Å². The zero-order valence-electron chi connectivity index (χ0n) is 18.4. The highest BCUT2D eigenvalue weighted by molar-refractivity contribution is 5.87. The van der Waals surface area contributed by atoms with Gasteiger partial charge in [0.2, 0.25) is 11.8 Å². The molecule has 4 rings (SSSR count). The molecule has 1 saturated heterocycles. The van der Waals surface area contributed by atoms with Crippen molar-refractivity contribution in [3.8, 4) is 11.1 Å². The summed E-state index contributed by atoms with van der Waals surface area (Å²) in [4.78, 5) is 28.2. The fourth-order valence-electron chi connectivity index (χ4n) is 4.78. The van der Waals surface area contributed by atoms with Crippen LogP contribution in [-0.2, 0) is 16.0 Å². The lowest BCUT2D eigenvalue weighted by Crippen LogP contribution is -2.48. The molecule has 0 bridgehead atoms. The van der Waals surface area contributed by atoms with Crippen molar-refractivity contribution in [1.29, 1.82) is 0 Å². The topological polar surface area (TPSA) is 49.4 Å². The summed E-state index contributed by atoms with van der Waals surface area (Å²) in [5, 5.41) is 3.08. The van der Waals surface area contributed by atoms with E-state index in [9.17, 15) is 14.0 Å². The van der Waals surface area contributed by atoms with Gasteiger partial charge in [-0.05, 0) is 56.7 Å². The normalized spacial score (nSPS) is 21.2. The van der Waals surface area contributed by atoms with Gasteiger partial charge in [0.05, 0.1) is 5.41 Å². The molecule has 2 aromatic carbocycles. The smallest absolute Gasteiger partial charge is 0.228 e. The molecule has 1 atom stereocenters. The Morgan fingerprint density at radius 3 is 2.42 bits per heavy atom. The number of rotatable bonds is 6. The summed E-state index contributed by atoms with van der Waals surface area (Å²) >= 11 is 0. The summed E-state index contributed by atoms with van der Waals surface area (Å²) in [6, 6.07) is 14.5. The molecular weight excluding hydrogens is 391 g/mol. The first-order chi connectivity index (χ1) is 14.9. The fraction of sp³-hybridized carbons (Fsp3) is 0.462. The predicted molar refractivity (Wildman–Crippen MR) is 120 cm³/mol. The van der Waals surface area contributed by atoms with Crippen molar-refractivity contribution in [3.05, 3.63) is 59.9 Å². The molecule has 2 aromatic rings. The lowest BCUT2D eigenvalue weighted by atomic mass is 9.77. The first kappa shape index (κ1) is 21.5. The van der Waals surface area contributed by atoms with Crippen LogP contribution in [-0.4, -0.2) is 35.8 Å². The van der Waals surface area contributed by atoms with Gasteiger partial charge >= 0.3 is 0 Å². The molecular formula is C26H31FN2O2. The highest BCUT2D eigenvalue weighted by Crippen LogP contribution is 2.40. The number of hydrogen-bond acceptors (Lipinski definition) is 2. The lowest BCUT2D eigenvalue weighted by molar-refractivity contribution is -0.138. The second-order valence-electron chi connectivity index (χ2n) is 9.36. The van der Waals surface area contributed by atoms with E-state index < -0.39 is 5.41 Å². The van der Waals surface area contributed by atoms with Gasteiger partial charge in [0.15, 0.2) is 0 Å². The fourth-order valence-corrected chi connectivity index (χ4v) is 4.78. The van der Waals surface area contributed by atoms with Crippen LogP contribution in [0.15, 0.2) is 48.5 Å². The van der Waals surface area contributed by atoms with Crippen molar-refractivity contribution in [2.75, 3.05) is 13.1 Å². The first-order valence-corrected chi connectivity index (χ1v) is 11.3. The van der Waals surface area contributed by atoms with Crippen molar-refractivity contribution < 1.29 is 14.0 Å². The van der Waals surface area contributed by atoms with Crippen molar-refractivity contribution in [2.24, 2.45) is 11.3 Å². The first-order valence-electron chi connectivity index (χ1n) is 11.3. The van der Waals surface area contributed by atoms with Gasteiger partial charge in [0.1, 0.15) is 5.82 Å². The van der Waals surface area contributed by atoms with E-state index in [4.69, 9.17) is 0 Å². The summed E-state index contributed by atoms with van der Waals surface area (Å²) in [6.45, 7) is 4.92. The number of benzene rings is 2. The number of nitrogens with one attached hydrogen (secondary N) is 1. The van der Waals surface area contributed by atoms with E-state index >= 15 is 0 Å². The molecule has 1 N–H and O–H groups in total. The average molecular weight is 423 g/mol. The highest BCUT2D eigenvalue weighted by Gasteiger charge is 2.47. The standard InChI is InChI=1S/C26H31FN2O2/c1-18(2)28-25(31)26(14-15-29(17-26)24(30)19-9-7-10-19)16-20-8-3-4-11-21(20)22-12-5-6-13-23(22)27/h3-6,8,11-13,18-19H,7,9-10,14-17H2,1-2H3,(H,28,31)/t26-/m0/s1. The number of likely N-dealkylation sites (tertiary alicyclic amines) is 1. The van der Waals surface area contributed by atoms with Crippen LogP contribution in [0.3, 0.4) is 0 Å². The number of halogens is 1. The van der Waals surface area contributed by atoms with E-state index in [1.165, 1.54) is 6.07 Å². The van der Waals surface area contributed by atoms with Crippen molar-refractivity contribution in [2.45, 2.75) is 52.0 Å². The molecule has 164 valence electrons. The van der Waals surface area contributed by atoms with Crippen LogP contribution in [0, 0.1) is 17.2 Å². The Morgan fingerprint density at radius 2 is 1.77 bits per heavy atom. The summed E-state index contributed by atoms with van der Waals surface area (Å²) in [6.07, 6.45) is 4.12. The maximum absolute atomic E-state index is 14.6. The van der Waals surface area contributed by atoms with E-state index in [2.05, 4.69) is 5.32 Å². The monoisotopic (exact) mass is 422 g/mol. The molecule has 5 heteroatoms. The molecule has 1 aliphatic heterocycles. The third-order valence-corrected chi connectivity index (χ3v) is 6.73. The maximum Gasteiger partial charge on any atom is 0.228 e. The minimum Gasteiger partial charge on any atom is -0.353 e. The minimum absolute atomic E-state index is 0.0163. The summed E-state index contributed by atoms with van der Waals surface area (Å²) in [7, 11) is 0. The molecule has 2 aliphatic rings. The Hall–Kier alpha value is -2.69. The van der Waals surface area contributed by atoms with Crippen molar-refractivity contribution in [1.82, 2.24) is 10.2 Å². The Bertz CT molecular complexity index is 969. The number of nitrogens with zero attached hydrogens (tertiary/aromatic N) is 1. The van der Waals surface area contributed by atoms with E-state index in [1.54, 1.807) is 12.1 Å². The molecule has 0 radical (unpaired) electrons. The van der Waals surface area contributed by atoms with Crippen LogP contribution in [0.5, 0.6) is 0 Å². The maximum atomic E-state index is 14.6. The molecule has 2 fully saturated rings. The van der Waals surface area contributed by atoms with E-state index in [1.807, 2.05) is 49.1 Å². The largest absolute Gasteiger partial charge is 0.353 e. The van der Waals surface area contributed by atoms with E-state index in [0.29, 0.717) is 31.5 Å². The van der Waals surface area contributed by atoms with Gasteiger partial charge in [-0.15, -0.1) is 0 Å². The van der Waals surface area contributed by atoms with Crippen molar-refractivity contribution in [3.63, 3.8) is 0 Å². The molecule has 2 amide bonds. The van der Waals surface area contributed by atoms with Gasteiger partial charge < -0.3 is 10.2 Å². The second-order valence-corrected chi connectivity index (χ2v) is 9.36. The summed E-state index contributed by atoms with van der Waals surface area (Å²) in [5.41, 5.74) is 1.58. The predicted octanol–water partition coefficient (Wildman–Crippen LogP) is 4.58. The molecule has 0 aromatic heterocycles. The third-order valence-electron chi connectivity index (χ3n) is 6.73. The van der Waals surface area contributed by atoms with Crippen LogP contribution in [0.25, 0.3) is 11.1 Å². The van der Waals surface area contributed by atoms with Gasteiger partial charge in [-0.2, -0.15) is 0 Å². The number of hydrogen-bond donors (Lipinski definition) is 1. The number of amides is 2. The molecule has 4 nitrogen and oxygen atoms in total. The van der Waals surface area contributed by atoms with Gasteiger partial charge in [-0.1, -0.05) is 48.9 Å². The van der Waals surface area contributed by atoms with Gasteiger partial charge in [-0.25, -0.2) is 4.39 Å². The van der Waals surface area contributed by atoms with E-state index in [-0.39, 0.29) is 29.6 Å². The van der Waals surface area contributed by atoms with Crippen LogP contribution in [0.1, 0.15) is 45.1 Å². The third kappa shape index (κ3) is 4.36. The van der Waals surface area contributed by atoms with Gasteiger partial charge in [-0.3, -0.25) is 9.59 Å². The summed E-state index contributed by atoms with van der Waals surface area (Å²) in [5.74, 6) is 0.0149. The Labute approximate surface area is 183 Å². The SMILES string of the molecule is CC(C)NC(=O)[C@]1(Cc2ccccc2-c2ccccc2F)CCN(C(=O)C2CCC2)C1. The molecule has 1 heterocycles. The quantitative estimate of drug-likeness (QED) is 0.741. The summed E-state index contributed by atoms with van der Waals surface area (Å²) < 4.78 is 14.6. The molecule has 0 spiro atoms. The number of carbonyl (C=O) groups is 2. The van der Waals surface area contributed by atoms with E-state index in [0.717, 1.165) is 30.4 Å². The van der Waals surface area contributed by atoms with Gasteiger partial charge in [0.25, 0.3) is 0 Å². The zero-order valence-corrected chi connectivity index (χ0v) is 18.4. The Morgan fingerprint density at radius 1 is 1.10 bits per heavy atom. The minimum atomic E-state index is -0.703. The van der Waals surface area contributed by atoms with Gasteiger partial charge in [0, 0.05) is 30.6 Å². The molecule has 1 aliphatic carbocycles. The van der Waals surface area contributed by atoms with Crippen LogP contribution < -0.4 is 5.32 Å². The highest BCUT2D eigenvalue weighted by atomic mass is 19.1. The Balaban J connectivity index is 1.66. The van der Waals surface area contributed by atoms with Crippen LogP contribution >= 0.6 is 0 Å². The number of carbonyl (C=O) groups excluding carboxylic acids is 2. The van der Waals surface area contributed by atoms with Crippen LogP contribution in [0.2, 0.25) is 0 Å². The zero-order chi connectivity index (χ0) is 22.0. The average Bonchev–Trinajstić information content (AvgIpc) is 3.13. The Kier molecular flexibility index (Phi) is 6.12. The second kappa shape index (κ2) is 8.81. The molecule has 0 unspecified atom stereocenters. The molecule has 1 saturated carbocycles. The van der Waals surface area contributed by atoms with Crippen molar-refractivity contribution >= 4 is 11.8 Å². The lowest BCUT2D eigenvalue weighted by Gasteiger charge is -2.32.